The topological polar surface area (TPSA) is 71.4 Å². The van der Waals surface area contributed by atoms with Crippen LogP contribution in [0.5, 0.6) is 0 Å². The first-order valence-electron chi connectivity index (χ1n) is 3.16. The number of hydrogen-bond donors (Lipinski definition) is 1. The summed E-state index contributed by atoms with van der Waals surface area (Å²) in [6.07, 6.45) is 0.0193. The molecule has 0 aromatic rings. The predicted octanol–water partition coefficient (Wildman–Crippen LogP) is -0.516. The van der Waals surface area contributed by atoms with Crippen molar-refractivity contribution in [3.63, 3.8) is 0 Å². The van der Waals surface area contributed by atoms with Gasteiger partial charge in [-0.15, -0.1) is 0 Å². The number of carbonyl (C=O) groups is 3. The van der Waals surface area contributed by atoms with E-state index in [2.05, 4.69) is 0 Å². The molecule has 1 unspecified atom stereocenters. The SMILES string of the molecule is CC(=O)CC(O)(C=O)CC=O. The number of rotatable bonds is 5. The molecule has 0 saturated heterocycles. The van der Waals surface area contributed by atoms with Gasteiger partial charge in [-0.05, 0) is 6.92 Å². The molecule has 0 saturated carbocycles. The minimum Gasteiger partial charge on any atom is -0.381 e. The fourth-order valence-corrected chi connectivity index (χ4v) is 0.737. The molecule has 1 atom stereocenters. The number of hydrogen-bond acceptors (Lipinski definition) is 4. The summed E-state index contributed by atoms with van der Waals surface area (Å²) in [5.41, 5.74) is -1.78. The van der Waals surface area contributed by atoms with Crippen LogP contribution < -0.4 is 0 Å². The lowest BCUT2D eigenvalue weighted by Gasteiger charge is -2.15. The fraction of sp³-hybridized carbons (Fsp3) is 0.571. The maximum Gasteiger partial charge on any atom is 0.152 e. The average Bonchev–Trinajstić information content (AvgIpc) is 1.87. The number of aliphatic hydroxyl groups is 1. The molecule has 0 aliphatic carbocycles. The highest BCUT2D eigenvalue weighted by molar-refractivity contribution is 5.83. The third-order valence-corrected chi connectivity index (χ3v) is 1.21. The first-order valence-corrected chi connectivity index (χ1v) is 3.16. The van der Waals surface area contributed by atoms with E-state index in [1.807, 2.05) is 0 Å². The van der Waals surface area contributed by atoms with Gasteiger partial charge in [-0.2, -0.15) is 0 Å². The quantitative estimate of drug-likeness (QED) is 0.547. The van der Waals surface area contributed by atoms with Crippen molar-refractivity contribution in [3.8, 4) is 0 Å². The molecule has 0 amide bonds. The Bertz CT molecular complexity index is 175. The standard InChI is InChI=1S/C7H10O4/c1-6(10)4-7(11,5-9)2-3-8/h3,5,11H,2,4H2,1H3. The van der Waals surface area contributed by atoms with Gasteiger partial charge in [-0.3, -0.25) is 4.79 Å². The van der Waals surface area contributed by atoms with Crippen molar-refractivity contribution in [2.24, 2.45) is 0 Å². The molecule has 0 aliphatic rings. The summed E-state index contributed by atoms with van der Waals surface area (Å²) in [5.74, 6) is -0.318. The van der Waals surface area contributed by atoms with Gasteiger partial charge < -0.3 is 14.7 Å². The van der Waals surface area contributed by atoms with Crippen molar-refractivity contribution in [2.75, 3.05) is 0 Å². The monoisotopic (exact) mass is 158 g/mol. The summed E-state index contributed by atoms with van der Waals surface area (Å²) in [5, 5.41) is 9.17. The summed E-state index contributed by atoms with van der Waals surface area (Å²) >= 11 is 0. The number of aldehydes is 2. The van der Waals surface area contributed by atoms with Gasteiger partial charge in [0.05, 0.1) is 0 Å². The van der Waals surface area contributed by atoms with Crippen LogP contribution in [-0.4, -0.2) is 29.1 Å². The maximum absolute atomic E-state index is 10.5. The van der Waals surface area contributed by atoms with E-state index >= 15 is 0 Å². The molecule has 0 spiro atoms. The van der Waals surface area contributed by atoms with Gasteiger partial charge in [-0.1, -0.05) is 0 Å². The fourth-order valence-electron chi connectivity index (χ4n) is 0.737. The molecule has 62 valence electrons. The second kappa shape index (κ2) is 3.98. The molecule has 0 radical (unpaired) electrons. The Balaban J connectivity index is 4.19. The van der Waals surface area contributed by atoms with Gasteiger partial charge in [0, 0.05) is 12.8 Å². The molecule has 0 aromatic carbocycles. The zero-order chi connectivity index (χ0) is 8.91. The van der Waals surface area contributed by atoms with Crippen molar-refractivity contribution in [1.29, 1.82) is 0 Å². The molecule has 0 heterocycles. The third-order valence-electron chi connectivity index (χ3n) is 1.21. The zero-order valence-corrected chi connectivity index (χ0v) is 6.24. The molecule has 0 fully saturated rings. The summed E-state index contributed by atoms with van der Waals surface area (Å²) in [6.45, 7) is 1.25. The first-order chi connectivity index (χ1) is 5.04. The van der Waals surface area contributed by atoms with Crippen LogP contribution in [0.25, 0.3) is 0 Å². The van der Waals surface area contributed by atoms with Gasteiger partial charge in [0.15, 0.2) is 6.29 Å². The first kappa shape index (κ1) is 9.97. The molecule has 0 aromatic heterocycles. The smallest absolute Gasteiger partial charge is 0.152 e. The second-order valence-electron chi connectivity index (χ2n) is 2.47. The van der Waals surface area contributed by atoms with Crippen LogP contribution in [0.15, 0.2) is 0 Å². The van der Waals surface area contributed by atoms with Crippen molar-refractivity contribution >= 4 is 18.4 Å². The largest absolute Gasteiger partial charge is 0.381 e. The van der Waals surface area contributed by atoms with E-state index in [9.17, 15) is 19.5 Å². The van der Waals surface area contributed by atoms with Crippen LogP contribution in [0.1, 0.15) is 19.8 Å². The molecular formula is C7H10O4. The van der Waals surface area contributed by atoms with Crippen molar-refractivity contribution in [2.45, 2.75) is 25.4 Å². The zero-order valence-electron chi connectivity index (χ0n) is 6.24. The van der Waals surface area contributed by atoms with Crippen LogP contribution in [0.2, 0.25) is 0 Å². The number of ketones is 1. The van der Waals surface area contributed by atoms with E-state index in [0.717, 1.165) is 0 Å². The van der Waals surface area contributed by atoms with Crippen molar-refractivity contribution in [1.82, 2.24) is 0 Å². The Morgan fingerprint density at radius 3 is 2.36 bits per heavy atom. The van der Waals surface area contributed by atoms with E-state index < -0.39 is 5.60 Å². The molecule has 0 rings (SSSR count). The van der Waals surface area contributed by atoms with Gasteiger partial charge >= 0.3 is 0 Å². The molecule has 0 aliphatic heterocycles. The minimum atomic E-state index is -1.78. The Labute approximate surface area is 64.2 Å². The lowest BCUT2D eigenvalue weighted by molar-refractivity contribution is -0.135. The van der Waals surface area contributed by atoms with Gasteiger partial charge in [0.2, 0.25) is 0 Å². The third kappa shape index (κ3) is 3.62. The molecule has 11 heavy (non-hydrogen) atoms. The van der Waals surface area contributed by atoms with E-state index in [1.54, 1.807) is 0 Å². The Hall–Kier alpha value is -1.03. The number of Topliss-reactive ketones (excluding diaryl/α,β-unsaturated/α-hetero) is 1. The van der Waals surface area contributed by atoms with Crippen LogP contribution in [0.4, 0.5) is 0 Å². The molecule has 4 heteroatoms. The molecule has 0 bridgehead atoms. The highest BCUT2D eigenvalue weighted by Gasteiger charge is 2.27. The van der Waals surface area contributed by atoms with E-state index in [1.165, 1.54) is 6.92 Å². The lowest BCUT2D eigenvalue weighted by Crippen LogP contribution is -2.33. The van der Waals surface area contributed by atoms with E-state index in [4.69, 9.17) is 0 Å². The molecule has 1 N–H and O–H groups in total. The van der Waals surface area contributed by atoms with Gasteiger partial charge in [0.25, 0.3) is 0 Å². The summed E-state index contributed by atoms with van der Waals surface area (Å²) in [6, 6.07) is 0. The maximum atomic E-state index is 10.5. The van der Waals surface area contributed by atoms with E-state index in [0.29, 0.717) is 6.29 Å². The summed E-state index contributed by atoms with van der Waals surface area (Å²) < 4.78 is 0. The summed E-state index contributed by atoms with van der Waals surface area (Å²) in [7, 11) is 0. The van der Waals surface area contributed by atoms with Crippen molar-refractivity contribution in [3.05, 3.63) is 0 Å². The van der Waals surface area contributed by atoms with Gasteiger partial charge in [-0.25, -0.2) is 0 Å². The Morgan fingerprint density at radius 1 is 1.55 bits per heavy atom. The van der Waals surface area contributed by atoms with Crippen molar-refractivity contribution < 1.29 is 19.5 Å². The highest BCUT2D eigenvalue weighted by Crippen LogP contribution is 2.10. The normalized spacial score (nSPS) is 15.1. The summed E-state index contributed by atoms with van der Waals surface area (Å²) in [4.78, 5) is 30.6. The number of carbonyl (C=O) groups excluding carboxylic acids is 3. The molecular weight excluding hydrogens is 148 g/mol. The molecule has 4 nitrogen and oxygen atoms in total. The Morgan fingerprint density at radius 2 is 2.09 bits per heavy atom. The van der Waals surface area contributed by atoms with Crippen LogP contribution in [-0.2, 0) is 14.4 Å². The van der Waals surface area contributed by atoms with Crippen LogP contribution >= 0.6 is 0 Å². The van der Waals surface area contributed by atoms with E-state index in [-0.39, 0.29) is 24.9 Å². The average molecular weight is 158 g/mol. The van der Waals surface area contributed by atoms with Gasteiger partial charge in [0.1, 0.15) is 17.7 Å². The second-order valence-corrected chi connectivity index (χ2v) is 2.47. The van der Waals surface area contributed by atoms with Crippen LogP contribution in [0.3, 0.4) is 0 Å². The Kier molecular flexibility index (Phi) is 3.60. The van der Waals surface area contributed by atoms with Crippen LogP contribution in [0, 0.1) is 0 Å². The predicted molar refractivity (Wildman–Crippen MR) is 37.0 cm³/mol. The lowest BCUT2D eigenvalue weighted by atomic mass is 9.96. The highest BCUT2D eigenvalue weighted by atomic mass is 16.3. The minimum absolute atomic E-state index is 0.225.